The van der Waals surface area contributed by atoms with E-state index < -0.39 is 7.12 Å². The lowest BCUT2D eigenvalue weighted by atomic mass is 9.77. The average molecular weight is 273 g/mol. The van der Waals surface area contributed by atoms with Crippen LogP contribution in [0.3, 0.4) is 0 Å². The number of benzene rings is 1. The lowest BCUT2D eigenvalue weighted by molar-refractivity contribution is 0.0547. The summed E-state index contributed by atoms with van der Waals surface area (Å²) in [4.78, 5) is 2.62. The molecule has 3 rings (SSSR count). The third-order valence-corrected chi connectivity index (χ3v) is 4.99. The van der Waals surface area contributed by atoms with Gasteiger partial charge in [-0.3, -0.25) is 4.90 Å². The van der Waals surface area contributed by atoms with Gasteiger partial charge in [-0.2, -0.15) is 0 Å². The maximum Gasteiger partial charge on any atom is 0.488 e. The van der Waals surface area contributed by atoms with Crippen LogP contribution in [0.1, 0.15) is 44.1 Å². The van der Waals surface area contributed by atoms with Crippen LogP contribution in [0.15, 0.2) is 24.3 Å². The highest BCUT2D eigenvalue weighted by molar-refractivity contribution is 6.58. The Morgan fingerprint density at radius 3 is 2.75 bits per heavy atom. The zero-order chi connectivity index (χ0) is 13.9. The zero-order valence-corrected chi connectivity index (χ0v) is 12.0. The summed E-state index contributed by atoms with van der Waals surface area (Å²) in [7, 11) is -1.36. The Balaban J connectivity index is 1.71. The van der Waals surface area contributed by atoms with Gasteiger partial charge in [0.1, 0.15) is 0 Å². The molecule has 2 unspecified atom stereocenters. The van der Waals surface area contributed by atoms with Gasteiger partial charge in [0.25, 0.3) is 0 Å². The Kier molecular flexibility index (Phi) is 4.44. The largest absolute Gasteiger partial charge is 0.488 e. The van der Waals surface area contributed by atoms with Crippen molar-refractivity contribution in [1.82, 2.24) is 4.90 Å². The molecule has 2 atom stereocenters. The Morgan fingerprint density at radius 2 is 1.90 bits per heavy atom. The number of fused-ring (bicyclic) bond motifs is 1. The van der Waals surface area contributed by atoms with E-state index in [1.165, 1.54) is 50.6 Å². The van der Waals surface area contributed by atoms with E-state index in [0.29, 0.717) is 5.46 Å². The smallest absolute Gasteiger partial charge is 0.423 e. The highest BCUT2D eigenvalue weighted by Crippen LogP contribution is 2.35. The summed E-state index contributed by atoms with van der Waals surface area (Å²) in [5, 5.41) is 18.6. The second-order valence-electron chi connectivity index (χ2n) is 6.34. The SMILES string of the molecule is OB(O)c1cccc(CN2CCCC3CCCCC32)c1. The van der Waals surface area contributed by atoms with Crippen molar-refractivity contribution < 1.29 is 10.0 Å². The molecule has 0 spiro atoms. The monoisotopic (exact) mass is 273 g/mol. The van der Waals surface area contributed by atoms with Gasteiger partial charge in [0.2, 0.25) is 0 Å². The average Bonchev–Trinajstić information content (AvgIpc) is 2.48. The van der Waals surface area contributed by atoms with Crippen molar-refractivity contribution in [1.29, 1.82) is 0 Å². The Hall–Kier alpha value is -0.835. The van der Waals surface area contributed by atoms with Gasteiger partial charge < -0.3 is 10.0 Å². The molecule has 2 aliphatic rings. The van der Waals surface area contributed by atoms with Gasteiger partial charge in [0.05, 0.1) is 0 Å². The van der Waals surface area contributed by atoms with Crippen molar-refractivity contribution in [2.45, 2.75) is 51.1 Å². The number of hydrogen-bond donors (Lipinski definition) is 2. The normalized spacial score (nSPS) is 27.1. The van der Waals surface area contributed by atoms with Gasteiger partial charge in [-0.05, 0) is 49.2 Å². The third-order valence-electron chi connectivity index (χ3n) is 4.99. The molecule has 3 nitrogen and oxygen atoms in total. The Bertz CT molecular complexity index is 450. The molecule has 1 aromatic carbocycles. The standard InChI is InChI=1S/C16H24BNO2/c19-17(20)15-8-3-5-13(11-15)12-18-10-4-7-14-6-1-2-9-16(14)18/h3,5,8,11,14,16,19-20H,1-2,4,6-7,9-10,12H2. The first-order valence-corrected chi connectivity index (χ1v) is 7.93. The molecule has 4 heteroatoms. The summed E-state index contributed by atoms with van der Waals surface area (Å²) >= 11 is 0. The molecular weight excluding hydrogens is 249 g/mol. The summed E-state index contributed by atoms with van der Waals surface area (Å²) in [6.45, 7) is 2.13. The molecule has 108 valence electrons. The van der Waals surface area contributed by atoms with Crippen molar-refractivity contribution in [3.05, 3.63) is 29.8 Å². The molecule has 0 amide bonds. The highest BCUT2D eigenvalue weighted by Gasteiger charge is 2.32. The molecule has 2 N–H and O–H groups in total. The summed E-state index contributed by atoms with van der Waals surface area (Å²) in [6, 6.07) is 8.47. The minimum Gasteiger partial charge on any atom is -0.423 e. The Labute approximate surface area is 121 Å². The molecule has 0 bridgehead atoms. The molecule has 1 saturated heterocycles. The van der Waals surface area contributed by atoms with E-state index >= 15 is 0 Å². The molecular formula is C16H24BNO2. The molecule has 1 heterocycles. The Morgan fingerprint density at radius 1 is 1.10 bits per heavy atom. The molecule has 1 aliphatic heterocycles. The minimum atomic E-state index is -1.36. The van der Waals surface area contributed by atoms with Crippen LogP contribution in [0.4, 0.5) is 0 Å². The van der Waals surface area contributed by atoms with Crippen molar-refractivity contribution >= 4 is 12.6 Å². The van der Waals surface area contributed by atoms with Gasteiger partial charge in [-0.1, -0.05) is 37.1 Å². The van der Waals surface area contributed by atoms with E-state index in [0.717, 1.165) is 18.5 Å². The van der Waals surface area contributed by atoms with Gasteiger partial charge in [-0.25, -0.2) is 0 Å². The first-order chi connectivity index (χ1) is 9.74. The molecule has 1 aromatic rings. The summed E-state index contributed by atoms with van der Waals surface area (Å²) in [5.74, 6) is 0.893. The molecule has 1 aliphatic carbocycles. The molecule has 2 fully saturated rings. The van der Waals surface area contributed by atoms with Crippen molar-refractivity contribution in [3.63, 3.8) is 0 Å². The van der Waals surface area contributed by atoms with Crippen LogP contribution < -0.4 is 5.46 Å². The second kappa shape index (κ2) is 6.29. The lowest BCUT2D eigenvalue weighted by Crippen LogP contribution is -2.46. The number of hydrogen-bond acceptors (Lipinski definition) is 3. The number of likely N-dealkylation sites (tertiary alicyclic amines) is 1. The fourth-order valence-corrected chi connectivity index (χ4v) is 4.01. The van der Waals surface area contributed by atoms with Crippen molar-refractivity contribution in [2.24, 2.45) is 5.92 Å². The van der Waals surface area contributed by atoms with Gasteiger partial charge in [-0.15, -0.1) is 0 Å². The minimum absolute atomic E-state index is 0.597. The maximum absolute atomic E-state index is 9.28. The topological polar surface area (TPSA) is 43.7 Å². The summed E-state index contributed by atoms with van der Waals surface area (Å²) < 4.78 is 0. The summed E-state index contributed by atoms with van der Waals surface area (Å²) in [5.41, 5.74) is 1.79. The van der Waals surface area contributed by atoms with E-state index in [2.05, 4.69) is 11.0 Å². The van der Waals surface area contributed by atoms with Crippen molar-refractivity contribution in [2.75, 3.05) is 6.54 Å². The fourth-order valence-electron chi connectivity index (χ4n) is 4.01. The van der Waals surface area contributed by atoms with Gasteiger partial charge in [0.15, 0.2) is 0 Å². The molecule has 1 saturated carbocycles. The van der Waals surface area contributed by atoms with Crippen LogP contribution in [-0.4, -0.2) is 34.7 Å². The first kappa shape index (κ1) is 14.1. The first-order valence-electron chi connectivity index (χ1n) is 7.93. The van der Waals surface area contributed by atoms with E-state index in [1.54, 1.807) is 6.07 Å². The lowest BCUT2D eigenvalue weighted by Gasteiger charge is -2.44. The zero-order valence-electron chi connectivity index (χ0n) is 12.0. The van der Waals surface area contributed by atoms with E-state index in [-0.39, 0.29) is 0 Å². The number of rotatable bonds is 3. The molecule has 0 aromatic heterocycles. The molecule has 20 heavy (non-hydrogen) atoms. The van der Waals surface area contributed by atoms with E-state index in [9.17, 15) is 10.0 Å². The quantitative estimate of drug-likeness (QED) is 0.821. The van der Waals surface area contributed by atoms with Crippen LogP contribution in [0.2, 0.25) is 0 Å². The van der Waals surface area contributed by atoms with Crippen LogP contribution in [0.5, 0.6) is 0 Å². The molecule has 0 radical (unpaired) electrons. The predicted molar refractivity (Wildman–Crippen MR) is 81.7 cm³/mol. The number of nitrogens with zero attached hydrogens (tertiary/aromatic N) is 1. The van der Waals surface area contributed by atoms with Crippen LogP contribution in [-0.2, 0) is 6.54 Å². The van der Waals surface area contributed by atoms with E-state index in [1.807, 2.05) is 12.1 Å². The number of piperidine rings is 1. The van der Waals surface area contributed by atoms with Crippen molar-refractivity contribution in [3.8, 4) is 0 Å². The van der Waals surface area contributed by atoms with Crippen LogP contribution >= 0.6 is 0 Å². The van der Waals surface area contributed by atoms with Crippen LogP contribution in [0.25, 0.3) is 0 Å². The fraction of sp³-hybridized carbons (Fsp3) is 0.625. The van der Waals surface area contributed by atoms with Gasteiger partial charge >= 0.3 is 7.12 Å². The maximum atomic E-state index is 9.28. The van der Waals surface area contributed by atoms with E-state index in [4.69, 9.17) is 0 Å². The second-order valence-corrected chi connectivity index (χ2v) is 6.34. The highest BCUT2D eigenvalue weighted by atomic mass is 16.4. The van der Waals surface area contributed by atoms with Crippen LogP contribution in [0, 0.1) is 5.92 Å². The third kappa shape index (κ3) is 3.08. The van der Waals surface area contributed by atoms with Gasteiger partial charge in [0, 0.05) is 12.6 Å². The summed E-state index contributed by atoms with van der Waals surface area (Å²) in [6.07, 6.45) is 8.22. The predicted octanol–water partition coefficient (Wildman–Crippen LogP) is 1.52.